The molecule has 0 radical (unpaired) electrons. The summed E-state index contributed by atoms with van der Waals surface area (Å²) in [7, 11) is 0. The highest BCUT2D eigenvalue weighted by atomic mass is 19.4. The van der Waals surface area contributed by atoms with Crippen molar-refractivity contribution in [3.8, 4) is 5.75 Å². The predicted molar refractivity (Wildman–Crippen MR) is 90.1 cm³/mol. The maximum atomic E-state index is 12.3. The first-order chi connectivity index (χ1) is 12.4. The van der Waals surface area contributed by atoms with Crippen LogP contribution in [0.2, 0.25) is 0 Å². The number of aliphatic hydroxyl groups is 1. The van der Waals surface area contributed by atoms with Crippen LogP contribution in [0.25, 0.3) is 0 Å². The van der Waals surface area contributed by atoms with Crippen LogP contribution in [0.5, 0.6) is 5.75 Å². The lowest BCUT2D eigenvalue weighted by molar-refractivity contribution is -0.274. The Bertz CT molecular complexity index is 755. The molecule has 9 heteroatoms. The standard InChI is InChI=1S/C17H19F3N4O2/c18-17(19,20)26-14-3-2-13-11-24(8-5-12(13)10-14)15-4-7-22-16(23-15)21-6-1-9-25/h2-4,7,10,25H,1,5-6,8-9,11H2,(H,21,22,23). The maximum Gasteiger partial charge on any atom is 0.573 e. The highest BCUT2D eigenvalue weighted by Gasteiger charge is 2.31. The molecule has 0 amide bonds. The Balaban J connectivity index is 1.69. The average molecular weight is 368 g/mol. The number of benzene rings is 1. The molecule has 1 aromatic carbocycles. The second-order valence-corrected chi connectivity index (χ2v) is 5.89. The number of aliphatic hydroxyl groups excluding tert-OH is 1. The smallest absolute Gasteiger partial charge is 0.406 e. The van der Waals surface area contributed by atoms with Crippen LogP contribution in [0.15, 0.2) is 30.5 Å². The lowest BCUT2D eigenvalue weighted by Crippen LogP contribution is -2.31. The van der Waals surface area contributed by atoms with Gasteiger partial charge in [0.2, 0.25) is 5.95 Å². The van der Waals surface area contributed by atoms with Gasteiger partial charge in [-0.2, -0.15) is 4.98 Å². The molecule has 2 heterocycles. The third-order valence-electron chi connectivity index (χ3n) is 4.01. The lowest BCUT2D eigenvalue weighted by atomic mass is 9.99. The zero-order valence-electron chi connectivity index (χ0n) is 14.0. The van der Waals surface area contributed by atoms with Crippen LogP contribution in [0.1, 0.15) is 17.5 Å². The van der Waals surface area contributed by atoms with Gasteiger partial charge in [0.15, 0.2) is 0 Å². The molecule has 0 aliphatic carbocycles. The van der Waals surface area contributed by atoms with E-state index in [1.807, 2.05) is 4.90 Å². The third-order valence-corrected chi connectivity index (χ3v) is 4.01. The van der Waals surface area contributed by atoms with E-state index in [1.54, 1.807) is 18.3 Å². The second-order valence-electron chi connectivity index (χ2n) is 5.89. The molecule has 0 saturated carbocycles. The number of ether oxygens (including phenoxy) is 1. The minimum absolute atomic E-state index is 0.0929. The molecule has 0 bridgehead atoms. The number of hydrogen-bond donors (Lipinski definition) is 2. The summed E-state index contributed by atoms with van der Waals surface area (Å²) in [5, 5.41) is 11.9. The number of halogens is 3. The van der Waals surface area contributed by atoms with Crippen LogP contribution in [0.3, 0.4) is 0 Å². The van der Waals surface area contributed by atoms with Gasteiger partial charge < -0.3 is 20.1 Å². The van der Waals surface area contributed by atoms with Gasteiger partial charge in [-0.25, -0.2) is 4.98 Å². The zero-order chi connectivity index (χ0) is 18.6. The Kier molecular flexibility index (Phi) is 5.46. The fourth-order valence-electron chi connectivity index (χ4n) is 2.81. The van der Waals surface area contributed by atoms with E-state index in [4.69, 9.17) is 5.11 Å². The Morgan fingerprint density at radius 1 is 1.23 bits per heavy atom. The van der Waals surface area contributed by atoms with Crippen LogP contribution in [0, 0.1) is 0 Å². The Hall–Kier alpha value is -2.55. The summed E-state index contributed by atoms with van der Waals surface area (Å²) in [5.41, 5.74) is 1.79. The molecular formula is C17H19F3N4O2. The summed E-state index contributed by atoms with van der Waals surface area (Å²) < 4.78 is 41.0. The van der Waals surface area contributed by atoms with Crippen molar-refractivity contribution in [1.29, 1.82) is 0 Å². The molecule has 26 heavy (non-hydrogen) atoms. The van der Waals surface area contributed by atoms with Crippen molar-refractivity contribution in [2.75, 3.05) is 29.9 Å². The van der Waals surface area contributed by atoms with E-state index in [0.717, 1.165) is 16.9 Å². The minimum atomic E-state index is -4.69. The van der Waals surface area contributed by atoms with Gasteiger partial charge >= 0.3 is 6.36 Å². The lowest BCUT2D eigenvalue weighted by Gasteiger charge is -2.30. The largest absolute Gasteiger partial charge is 0.573 e. The Morgan fingerprint density at radius 3 is 2.85 bits per heavy atom. The van der Waals surface area contributed by atoms with Gasteiger partial charge in [-0.1, -0.05) is 6.07 Å². The van der Waals surface area contributed by atoms with Crippen molar-refractivity contribution in [1.82, 2.24) is 9.97 Å². The van der Waals surface area contributed by atoms with E-state index >= 15 is 0 Å². The monoisotopic (exact) mass is 368 g/mol. The van der Waals surface area contributed by atoms with Gasteiger partial charge in [0.05, 0.1) is 0 Å². The Labute approximate surface area is 148 Å². The second kappa shape index (κ2) is 7.77. The predicted octanol–water partition coefficient (Wildman–Crippen LogP) is 2.73. The highest BCUT2D eigenvalue weighted by molar-refractivity contribution is 5.47. The van der Waals surface area contributed by atoms with Gasteiger partial charge in [0, 0.05) is 32.4 Å². The number of alkyl halides is 3. The van der Waals surface area contributed by atoms with Crippen molar-refractivity contribution < 1.29 is 23.0 Å². The van der Waals surface area contributed by atoms with Gasteiger partial charge in [0.1, 0.15) is 11.6 Å². The van der Waals surface area contributed by atoms with E-state index in [2.05, 4.69) is 20.0 Å². The van der Waals surface area contributed by atoms with Crippen LogP contribution >= 0.6 is 0 Å². The number of aromatic nitrogens is 2. The molecular weight excluding hydrogens is 349 g/mol. The van der Waals surface area contributed by atoms with E-state index in [1.165, 1.54) is 12.1 Å². The normalized spacial score (nSPS) is 14.1. The number of rotatable bonds is 6. The molecule has 0 spiro atoms. The highest BCUT2D eigenvalue weighted by Crippen LogP contribution is 2.29. The van der Waals surface area contributed by atoms with E-state index in [-0.39, 0.29) is 12.4 Å². The number of nitrogens with one attached hydrogen (secondary N) is 1. The van der Waals surface area contributed by atoms with Gasteiger partial charge in [-0.15, -0.1) is 13.2 Å². The van der Waals surface area contributed by atoms with Crippen LogP contribution in [-0.2, 0) is 13.0 Å². The van der Waals surface area contributed by atoms with Crippen molar-refractivity contribution in [2.45, 2.75) is 25.7 Å². The fraction of sp³-hybridized carbons (Fsp3) is 0.412. The number of anilines is 2. The first-order valence-corrected chi connectivity index (χ1v) is 8.25. The quantitative estimate of drug-likeness (QED) is 0.764. The molecule has 1 aliphatic heterocycles. The molecule has 140 valence electrons. The van der Waals surface area contributed by atoms with E-state index < -0.39 is 6.36 Å². The van der Waals surface area contributed by atoms with E-state index in [9.17, 15) is 13.2 Å². The number of fused-ring (bicyclic) bond motifs is 1. The first kappa shape index (κ1) is 18.2. The number of nitrogens with zero attached hydrogens (tertiary/aromatic N) is 3. The summed E-state index contributed by atoms with van der Waals surface area (Å²) >= 11 is 0. The Morgan fingerprint density at radius 2 is 2.08 bits per heavy atom. The van der Waals surface area contributed by atoms with Crippen molar-refractivity contribution in [3.05, 3.63) is 41.6 Å². The van der Waals surface area contributed by atoms with Crippen LogP contribution in [0.4, 0.5) is 24.9 Å². The molecule has 3 rings (SSSR count). The maximum absolute atomic E-state index is 12.3. The SMILES string of the molecule is OCCCNc1nccc(N2CCc3cc(OC(F)(F)F)ccc3C2)n1. The molecule has 0 saturated heterocycles. The number of hydrogen-bond acceptors (Lipinski definition) is 6. The van der Waals surface area contributed by atoms with Crippen molar-refractivity contribution in [3.63, 3.8) is 0 Å². The summed E-state index contributed by atoms with van der Waals surface area (Å²) in [6.07, 6.45) is -1.83. The molecule has 0 fully saturated rings. The molecule has 1 aromatic heterocycles. The van der Waals surface area contributed by atoms with Gasteiger partial charge in [-0.3, -0.25) is 0 Å². The molecule has 0 unspecified atom stereocenters. The minimum Gasteiger partial charge on any atom is -0.406 e. The first-order valence-electron chi connectivity index (χ1n) is 8.25. The fourth-order valence-corrected chi connectivity index (χ4v) is 2.81. The summed E-state index contributed by atoms with van der Waals surface area (Å²) in [6.45, 7) is 1.85. The molecule has 2 N–H and O–H groups in total. The van der Waals surface area contributed by atoms with Crippen LogP contribution < -0.4 is 15.0 Å². The van der Waals surface area contributed by atoms with Crippen LogP contribution in [-0.4, -0.2) is 41.1 Å². The summed E-state index contributed by atoms with van der Waals surface area (Å²) in [6, 6.07) is 6.23. The summed E-state index contributed by atoms with van der Waals surface area (Å²) in [5.74, 6) is 1.03. The zero-order valence-corrected chi connectivity index (χ0v) is 14.0. The third kappa shape index (κ3) is 4.75. The molecule has 6 nitrogen and oxygen atoms in total. The average Bonchev–Trinajstić information content (AvgIpc) is 2.60. The molecule has 0 atom stereocenters. The van der Waals surface area contributed by atoms with Gasteiger partial charge in [-0.05, 0) is 42.2 Å². The molecule has 2 aromatic rings. The summed E-state index contributed by atoms with van der Waals surface area (Å²) in [4.78, 5) is 10.6. The van der Waals surface area contributed by atoms with Gasteiger partial charge in [0.25, 0.3) is 0 Å². The van der Waals surface area contributed by atoms with E-state index in [0.29, 0.717) is 38.4 Å². The molecule has 1 aliphatic rings. The van der Waals surface area contributed by atoms with Crippen molar-refractivity contribution in [2.24, 2.45) is 0 Å². The van der Waals surface area contributed by atoms with Crippen molar-refractivity contribution >= 4 is 11.8 Å². The topological polar surface area (TPSA) is 70.5 Å².